The molecule has 0 unspecified atom stereocenters. The number of nitriles is 1. The van der Waals surface area contributed by atoms with Gasteiger partial charge < -0.3 is 51.8 Å². The summed E-state index contributed by atoms with van der Waals surface area (Å²) in [6, 6.07) is 1.75. The van der Waals surface area contributed by atoms with Gasteiger partial charge >= 0.3 is 42.2 Å². The SMILES string of the molecule is CC#N.CCCC[P+](CCCC)(CCCC)CCP(CCP(CC)CC)CCP(CC)CC.F[B-](F)(F)F.F[B-](F)(F)F.F[B-](F)(F)F.[Pd+2]. The van der Waals surface area contributed by atoms with Crippen LogP contribution >= 0.6 is 31.0 Å². The molecular formula is C28H62B3F12NP4Pd. The van der Waals surface area contributed by atoms with E-state index in [1.807, 2.05) is 0 Å². The molecule has 0 saturated heterocycles. The smallest absolute Gasteiger partial charge is 0.418 e. The van der Waals surface area contributed by atoms with Gasteiger partial charge in [-0.05, 0) is 68.6 Å². The molecule has 0 bridgehead atoms. The van der Waals surface area contributed by atoms with E-state index in [0.717, 1.165) is 0 Å². The number of hydrogen-bond acceptors (Lipinski definition) is 1. The predicted molar refractivity (Wildman–Crippen MR) is 200 cm³/mol. The zero-order valence-corrected chi connectivity index (χ0v) is 35.9. The molecule has 0 heterocycles. The third-order valence-electron chi connectivity index (χ3n) is 7.10. The number of unbranched alkanes of at least 4 members (excludes halogenated alkanes) is 3. The Bertz CT molecular complexity index is 632. The van der Waals surface area contributed by atoms with Gasteiger partial charge in [0.2, 0.25) is 0 Å². The standard InChI is InChI=1S/C26H59P4.C2H3N.3BF4.Pd/c1-8-15-23-30(24-16-9-2,25-17-10-3)26-22-29(20-18-27(11-4)12-5)21-19-28(13-6)14-7;1-2-3;3*2-1(3,4)5;/h8-26H2,1-7H3;1H3;;;;/q+1;;3*-1;+2. The topological polar surface area (TPSA) is 23.8 Å². The molecule has 0 aromatic rings. The van der Waals surface area contributed by atoms with Gasteiger partial charge in [-0.25, -0.2) is 0 Å². The van der Waals surface area contributed by atoms with Crippen molar-refractivity contribution < 1.29 is 72.2 Å². The first kappa shape index (κ1) is 62.2. The molecule has 302 valence electrons. The van der Waals surface area contributed by atoms with Crippen molar-refractivity contribution in [1.82, 2.24) is 0 Å². The summed E-state index contributed by atoms with van der Waals surface area (Å²) in [5, 5.41) is 7.32. The summed E-state index contributed by atoms with van der Waals surface area (Å²) < 4.78 is 117. The minimum atomic E-state index is -6.00. The van der Waals surface area contributed by atoms with Gasteiger partial charge in [0.05, 0.1) is 30.7 Å². The second kappa shape index (κ2) is 38.9. The van der Waals surface area contributed by atoms with Crippen molar-refractivity contribution in [2.45, 2.75) is 93.9 Å². The summed E-state index contributed by atoms with van der Waals surface area (Å²) in [6.45, 7) is 18.5. The Hall–Kier alpha value is 1.23. The van der Waals surface area contributed by atoms with Gasteiger partial charge in [-0.2, -0.15) is 5.26 Å². The van der Waals surface area contributed by atoms with Crippen molar-refractivity contribution in [2.24, 2.45) is 0 Å². The van der Waals surface area contributed by atoms with Crippen molar-refractivity contribution in [3.63, 3.8) is 0 Å². The summed E-state index contributed by atoms with van der Waals surface area (Å²) in [5.41, 5.74) is 0. The van der Waals surface area contributed by atoms with Crippen LogP contribution in [0.4, 0.5) is 51.8 Å². The van der Waals surface area contributed by atoms with Gasteiger partial charge in [0.25, 0.3) is 0 Å². The normalized spacial score (nSPS) is 11.6. The first-order valence-electron chi connectivity index (χ1n) is 16.9. The van der Waals surface area contributed by atoms with Crippen LogP contribution in [0.3, 0.4) is 0 Å². The van der Waals surface area contributed by atoms with E-state index >= 15 is 0 Å². The van der Waals surface area contributed by atoms with E-state index in [9.17, 15) is 51.8 Å². The monoisotopic (exact) mass is 903 g/mol. The molecule has 0 aromatic carbocycles. The van der Waals surface area contributed by atoms with Crippen molar-refractivity contribution in [3.8, 4) is 6.07 Å². The van der Waals surface area contributed by atoms with Crippen LogP contribution in [0, 0.1) is 11.3 Å². The van der Waals surface area contributed by atoms with Crippen LogP contribution < -0.4 is 0 Å². The van der Waals surface area contributed by atoms with E-state index in [2.05, 4.69) is 48.5 Å². The van der Waals surface area contributed by atoms with Crippen molar-refractivity contribution >= 4 is 52.8 Å². The number of rotatable bonds is 22. The molecule has 0 fully saturated rings. The van der Waals surface area contributed by atoms with Crippen molar-refractivity contribution in [2.75, 3.05) is 80.1 Å². The molecule has 0 aliphatic carbocycles. The Balaban J connectivity index is -0.000000198. The van der Waals surface area contributed by atoms with Crippen molar-refractivity contribution in [1.29, 1.82) is 5.26 Å². The van der Waals surface area contributed by atoms with E-state index < -0.39 is 29.0 Å². The van der Waals surface area contributed by atoms with Crippen LogP contribution in [0.25, 0.3) is 0 Å². The molecule has 0 N–H and O–H groups in total. The van der Waals surface area contributed by atoms with Crippen LogP contribution in [-0.2, 0) is 20.4 Å². The minimum absolute atomic E-state index is 0. The molecule has 49 heavy (non-hydrogen) atoms. The molecule has 1 nitrogen and oxygen atoms in total. The van der Waals surface area contributed by atoms with E-state index in [4.69, 9.17) is 5.26 Å². The Morgan fingerprint density at radius 1 is 0.449 bits per heavy atom. The molecule has 0 rings (SSSR count). The van der Waals surface area contributed by atoms with Gasteiger partial charge in [0.15, 0.2) is 0 Å². The average molecular weight is 904 g/mol. The maximum atomic E-state index is 9.75. The average Bonchev–Trinajstić information content (AvgIpc) is 2.94. The fourth-order valence-electron chi connectivity index (χ4n) is 4.49. The third-order valence-corrected chi connectivity index (χ3v) is 21.0. The molecule has 0 saturated carbocycles. The summed E-state index contributed by atoms with van der Waals surface area (Å²) in [4.78, 5) is 0. The molecule has 0 aliphatic rings. The second-order valence-corrected chi connectivity index (χ2v) is 24.2. The molecule has 0 aliphatic heterocycles. The molecular weight excluding hydrogens is 841 g/mol. The first-order valence-corrected chi connectivity index (χ1v) is 25.1. The quantitative estimate of drug-likeness (QED) is 0.0603. The van der Waals surface area contributed by atoms with Gasteiger partial charge in [-0.1, -0.05) is 67.7 Å². The largest absolute Gasteiger partial charge is 2.00 e. The number of halogens is 12. The summed E-state index contributed by atoms with van der Waals surface area (Å²) in [5.74, 6) is 0. The number of nitrogens with zero attached hydrogens (tertiary/aromatic N) is 1. The fourth-order valence-corrected chi connectivity index (χ4v) is 19.0. The maximum Gasteiger partial charge on any atom is 2.00 e. The van der Waals surface area contributed by atoms with Gasteiger partial charge in [-0.15, -0.1) is 23.8 Å². The molecule has 0 aromatic heterocycles. The Labute approximate surface area is 309 Å². The molecule has 0 spiro atoms. The van der Waals surface area contributed by atoms with Gasteiger partial charge in [-0.3, -0.25) is 0 Å². The molecule has 0 radical (unpaired) electrons. The van der Waals surface area contributed by atoms with E-state index in [1.165, 1.54) is 70.1 Å². The van der Waals surface area contributed by atoms with Crippen LogP contribution in [0.15, 0.2) is 0 Å². The summed E-state index contributed by atoms with van der Waals surface area (Å²) in [7, 11) is -17.7. The van der Waals surface area contributed by atoms with Crippen LogP contribution in [0.5, 0.6) is 0 Å². The first-order chi connectivity index (χ1) is 22.0. The van der Waals surface area contributed by atoms with Crippen LogP contribution in [-0.4, -0.2) is 102 Å². The minimum Gasteiger partial charge on any atom is -0.418 e. The van der Waals surface area contributed by atoms with Crippen LogP contribution in [0.1, 0.15) is 93.9 Å². The predicted octanol–water partition coefficient (Wildman–Crippen LogP) is 14.4. The Morgan fingerprint density at radius 3 is 0.837 bits per heavy atom. The van der Waals surface area contributed by atoms with E-state index in [1.54, 1.807) is 61.5 Å². The molecule has 0 amide bonds. The zero-order chi connectivity index (χ0) is 38.9. The van der Waals surface area contributed by atoms with E-state index in [0.29, 0.717) is 23.8 Å². The Morgan fingerprint density at radius 2 is 0.653 bits per heavy atom. The maximum absolute atomic E-state index is 9.75. The Kier molecular flexibility index (Phi) is 49.4. The van der Waals surface area contributed by atoms with Gasteiger partial charge in [0, 0.05) is 20.3 Å². The summed E-state index contributed by atoms with van der Waals surface area (Å²) >= 11 is 0. The molecule has 21 heteroatoms. The van der Waals surface area contributed by atoms with Crippen LogP contribution in [0.2, 0.25) is 0 Å². The van der Waals surface area contributed by atoms with E-state index in [-0.39, 0.29) is 20.4 Å². The molecule has 0 atom stereocenters. The summed E-state index contributed by atoms with van der Waals surface area (Å²) in [6.07, 6.45) is 29.2. The number of hydrogen-bond donors (Lipinski definition) is 0. The van der Waals surface area contributed by atoms with Gasteiger partial charge in [0.1, 0.15) is 0 Å². The fraction of sp³-hybridized carbons (Fsp3) is 0.964. The van der Waals surface area contributed by atoms with Crippen molar-refractivity contribution in [3.05, 3.63) is 0 Å². The zero-order valence-electron chi connectivity index (χ0n) is 30.8. The second-order valence-electron chi connectivity index (χ2n) is 10.9. The third kappa shape index (κ3) is 67.8.